The van der Waals surface area contributed by atoms with Crippen LogP contribution < -0.4 is 4.90 Å². The zero-order valence-corrected chi connectivity index (χ0v) is 11.7. The lowest BCUT2D eigenvalue weighted by Gasteiger charge is -2.14. The fourth-order valence-electron chi connectivity index (χ4n) is 2.80. The van der Waals surface area contributed by atoms with Gasteiger partial charge in [-0.15, -0.1) is 0 Å². The highest BCUT2D eigenvalue weighted by atomic mass is 79.9. The Morgan fingerprint density at radius 3 is 2.68 bits per heavy atom. The van der Waals surface area contributed by atoms with Crippen molar-refractivity contribution in [1.82, 2.24) is 4.98 Å². The van der Waals surface area contributed by atoms with Gasteiger partial charge in [-0.3, -0.25) is 9.78 Å². The van der Waals surface area contributed by atoms with E-state index in [4.69, 9.17) is 0 Å². The number of carbonyl (C=O) groups excluding carboxylic acids is 1. The molecule has 1 aromatic heterocycles. The molecule has 19 heavy (non-hydrogen) atoms. The molecular formula is C15H9BrN2O. The zero-order valence-electron chi connectivity index (χ0n) is 10.1. The minimum Gasteiger partial charge on any atom is -0.310 e. The highest BCUT2D eigenvalue weighted by Gasteiger charge is 2.30. The van der Waals surface area contributed by atoms with Crippen LogP contribution in [-0.4, -0.2) is 17.9 Å². The van der Waals surface area contributed by atoms with Crippen LogP contribution in [0.2, 0.25) is 0 Å². The maximum Gasteiger partial charge on any atom is 0.258 e. The summed E-state index contributed by atoms with van der Waals surface area (Å²) >= 11 is 3.64. The number of nitrogens with zero attached hydrogens (tertiary/aromatic N) is 2. The van der Waals surface area contributed by atoms with E-state index in [1.165, 1.54) is 0 Å². The van der Waals surface area contributed by atoms with Gasteiger partial charge in [0, 0.05) is 33.9 Å². The molecule has 92 valence electrons. The van der Waals surface area contributed by atoms with Crippen LogP contribution in [0, 0.1) is 0 Å². The first-order valence-corrected chi connectivity index (χ1v) is 6.76. The van der Waals surface area contributed by atoms with Crippen LogP contribution in [0.1, 0.15) is 10.4 Å². The highest BCUT2D eigenvalue weighted by molar-refractivity contribution is 9.10. The molecule has 1 amide bonds. The highest BCUT2D eigenvalue weighted by Crippen LogP contribution is 2.45. The van der Waals surface area contributed by atoms with Gasteiger partial charge in [0.15, 0.2) is 0 Å². The monoisotopic (exact) mass is 312 g/mol. The van der Waals surface area contributed by atoms with Crippen LogP contribution in [0.3, 0.4) is 0 Å². The Morgan fingerprint density at radius 1 is 1.16 bits per heavy atom. The number of aromatic nitrogens is 1. The second-order valence-corrected chi connectivity index (χ2v) is 5.45. The molecule has 3 aromatic rings. The molecule has 0 atom stereocenters. The van der Waals surface area contributed by atoms with Crippen molar-refractivity contribution >= 4 is 49.2 Å². The topological polar surface area (TPSA) is 33.2 Å². The van der Waals surface area contributed by atoms with Gasteiger partial charge in [-0.1, -0.05) is 24.3 Å². The third kappa shape index (κ3) is 1.22. The van der Waals surface area contributed by atoms with Crippen molar-refractivity contribution in [2.24, 2.45) is 0 Å². The lowest BCUT2D eigenvalue weighted by Crippen LogP contribution is -2.21. The first kappa shape index (κ1) is 10.9. The molecule has 1 aliphatic rings. The number of amides is 1. The van der Waals surface area contributed by atoms with Crippen molar-refractivity contribution in [3.8, 4) is 0 Å². The number of carbonyl (C=O) groups is 1. The molecule has 0 saturated heterocycles. The first-order chi connectivity index (χ1) is 9.20. The molecule has 1 aliphatic heterocycles. The predicted molar refractivity (Wildman–Crippen MR) is 79.7 cm³/mol. The maximum absolute atomic E-state index is 12.3. The molecule has 4 heteroatoms. The van der Waals surface area contributed by atoms with E-state index in [1.807, 2.05) is 24.3 Å². The van der Waals surface area contributed by atoms with Crippen molar-refractivity contribution in [3.63, 3.8) is 0 Å². The molecule has 0 N–H and O–H groups in total. The van der Waals surface area contributed by atoms with Gasteiger partial charge in [0.2, 0.25) is 0 Å². The molecule has 3 nitrogen and oxygen atoms in total. The zero-order chi connectivity index (χ0) is 13.1. The number of hydrogen-bond donors (Lipinski definition) is 0. The Hall–Kier alpha value is -1.94. The van der Waals surface area contributed by atoms with Crippen molar-refractivity contribution < 1.29 is 4.79 Å². The van der Waals surface area contributed by atoms with Crippen molar-refractivity contribution in [2.45, 2.75) is 0 Å². The molecule has 4 rings (SSSR count). The maximum atomic E-state index is 12.3. The van der Waals surface area contributed by atoms with Gasteiger partial charge in [-0.2, -0.15) is 0 Å². The molecular weight excluding hydrogens is 304 g/mol. The van der Waals surface area contributed by atoms with Crippen LogP contribution >= 0.6 is 15.9 Å². The summed E-state index contributed by atoms with van der Waals surface area (Å²) in [6, 6.07) is 9.86. The Balaban J connectivity index is 2.38. The molecule has 2 aromatic carbocycles. The van der Waals surface area contributed by atoms with Gasteiger partial charge in [-0.25, -0.2) is 0 Å². The van der Waals surface area contributed by atoms with Crippen molar-refractivity contribution in [1.29, 1.82) is 0 Å². The smallest absolute Gasteiger partial charge is 0.258 e. The standard InChI is InChI=1S/C15H9BrN2O/c1-18-14-11-10(15(18)19)6-7-17-13(11)9-5-3-2-4-8(9)12(14)16/h2-7H,1H3. The van der Waals surface area contributed by atoms with E-state index in [0.717, 1.165) is 37.4 Å². The third-order valence-corrected chi connectivity index (χ3v) is 4.49. The quantitative estimate of drug-likeness (QED) is 0.592. The van der Waals surface area contributed by atoms with Gasteiger partial charge in [0.05, 0.1) is 16.8 Å². The number of anilines is 1. The Labute approximate surface area is 118 Å². The summed E-state index contributed by atoms with van der Waals surface area (Å²) in [6.07, 6.45) is 1.71. The molecule has 0 bridgehead atoms. The summed E-state index contributed by atoms with van der Waals surface area (Å²) in [5.74, 6) is 0.0263. The van der Waals surface area contributed by atoms with Gasteiger partial charge in [0.25, 0.3) is 5.91 Å². The lowest BCUT2D eigenvalue weighted by atomic mass is 10.0. The van der Waals surface area contributed by atoms with Crippen LogP contribution in [0.15, 0.2) is 41.0 Å². The first-order valence-electron chi connectivity index (χ1n) is 5.97. The molecule has 0 aliphatic carbocycles. The lowest BCUT2D eigenvalue weighted by molar-refractivity contribution is 0.0999. The number of fused-ring (bicyclic) bond motifs is 2. The van der Waals surface area contributed by atoms with Crippen LogP contribution in [0.4, 0.5) is 5.69 Å². The normalized spacial score (nSPS) is 13.8. The van der Waals surface area contributed by atoms with Crippen LogP contribution in [0.25, 0.3) is 21.7 Å². The SMILES string of the molecule is CN1C(=O)c2ccnc3c2c1c(Br)c1ccccc13. The van der Waals surface area contributed by atoms with E-state index in [-0.39, 0.29) is 5.91 Å². The summed E-state index contributed by atoms with van der Waals surface area (Å²) in [5, 5.41) is 3.09. The fourth-order valence-corrected chi connectivity index (χ4v) is 3.61. The van der Waals surface area contributed by atoms with Crippen LogP contribution in [0.5, 0.6) is 0 Å². The average molecular weight is 313 g/mol. The molecule has 0 unspecified atom stereocenters. The molecule has 2 heterocycles. The molecule has 0 radical (unpaired) electrons. The number of hydrogen-bond acceptors (Lipinski definition) is 2. The van der Waals surface area contributed by atoms with Gasteiger partial charge in [0.1, 0.15) is 0 Å². The second kappa shape index (κ2) is 3.54. The predicted octanol–water partition coefficient (Wildman–Crippen LogP) is 3.74. The average Bonchev–Trinajstić information content (AvgIpc) is 2.70. The number of pyridine rings is 1. The Kier molecular flexibility index (Phi) is 2.04. The molecule has 0 spiro atoms. The van der Waals surface area contributed by atoms with Crippen molar-refractivity contribution in [3.05, 3.63) is 46.6 Å². The third-order valence-electron chi connectivity index (χ3n) is 3.68. The van der Waals surface area contributed by atoms with E-state index in [9.17, 15) is 4.79 Å². The van der Waals surface area contributed by atoms with E-state index in [0.29, 0.717) is 0 Å². The number of benzene rings is 2. The summed E-state index contributed by atoms with van der Waals surface area (Å²) < 4.78 is 0.957. The van der Waals surface area contributed by atoms with E-state index in [1.54, 1.807) is 24.2 Å². The Bertz CT molecular complexity index is 873. The summed E-state index contributed by atoms with van der Waals surface area (Å²) in [7, 11) is 1.80. The molecule has 0 saturated carbocycles. The summed E-state index contributed by atoms with van der Waals surface area (Å²) in [6.45, 7) is 0. The minimum atomic E-state index is 0.0263. The van der Waals surface area contributed by atoms with E-state index < -0.39 is 0 Å². The summed E-state index contributed by atoms with van der Waals surface area (Å²) in [5.41, 5.74) is 2.54. The van der Waals surface area contributed by atoms with E-state index >= 15 is 0 Å². The Morgan fingerprint density at radius 2 is 1.89 bits per heavy atom. The summed E-state index contributed by atoms with van der Waals surface area (Å²) in [4.78, 5) is 18.5. The molecule has 0 fully saturated rings. The van der Waals surface area contributed by atoms with Gasteiger partial charge in [-0.05, 0) is 22.0 Å². The van der Waals surface area contributed by atoms with Crippen molar-refractivity contribution in [2.75, 3.05) is 11.9 Å². The largest absolute Gasteiger partial charge is 0.310 e. The minimum absolute atomic E-state index is 0.0263. The second-order valence-electron chi connectivity index (χ2n) is 4.65. The van der Waals surface area contributed by atoms with Gasteiger partial charge < -0.3 is 4.90 Å². The van der Waals surface area contributed by atoms with Gasteiger partial charge >= 0.3 is 0 Å². The number of halogens is 1. The van der Waals surface area contributed by atoms with E-state index in [2.05, 4.69) is 20.9 Å². The van der Waals surface area contributed by atoms with Crippen LogP contribution in [-0.2, 0) is 0 Å². The number of rotatable bonds is 0. The fraction of sp³-hybridized carbons (Fsp3) is 0.0667.